The molecule has 5 rings (SSSR count). The summed E-state index contributed by atoms with van der Waals surface area (Å²) in [4.78, 5) is 4.27. The molecule has 0 saturated carbocycles. The van der Waals surface area contributed by atoms with E-state index in [9.17, 15) is 15.3 Å². The third kappa shape index (κ3) is 2.59. The van der Waals surface area contributed by atoms with Crippen LogP contribution in [0.15, 0.2) is 45.9 Å². The van der Waals surface area contributed by atoms with Crippen LogP contribution in [0.5, 0.6) is 0 Å². The lowest BCUT2D eigenvalue weighted by molar-refractivity contribution is -0.0955. The minimum absolute atomic E-state index is 0.267. The highest BCUT2D eigenvalue weighted by Gasteiger charge is 2.53. The third-order valence-corrected chi connectivity index (χ3v) is 5.66. The second kappa shape index (κ2) is 6.33. The van der Waals surface area contributed by atoms with Gasteiger partial charge in [-0.15, -0.1) is 0 Å². The van der Waals surface area contributed by atoms with Gasteiger partial charge in [0.15, 0.2) is 6.23 Å². The van der Waals surface area contributed by atoms with Crippen molar-refractivity contribution in [2.75, 3.05) is 18.6 Å². The molecule has 1 saturated heterocycles. The summed E-state index contributed by atoms with van der Waals surface area (Å²) in [7, 11) is 0. The Morgan fingerprint density at radius 2 is 2.17 bits per heavy atom. The van der Waals surface area contributed by atoms with Crippen molar-refractivity contribution in [2.45, 2.75) is 31.0 Å². The van der Waals surface area contributed by atoms with Crippen LogP contribution in [0, 0.1) is 0 Å². The number of rotatable bonds is 3. The van der Waals surface area contributed by atoms with Gasteiger partial charge in [-0.1, -0.05) is 18.2 Å². The van der Waals surface area contributed by atoms with Crippen LogP contribution in [-0.4, -0.2) is 56.8 Å². The van der Waals surface area contributed by atoms with Gasteiger partial charge in [-0.25, -0.2) is 4.99 Å². The highest BCUT2D eigenvalue weighted by molar-refractivity contribution is 6.09. The maximum atomic E-state index is 10.9. The number of nitrogens with zero attached hydrogens (tertiary/aromatic N) is 2. The molecular weight excluding hydrogens is 376 g/mol. The number of para-hydroxylation sites is 1. The predicted octanol–water partition coefficient (Wildman–Crippen LogP) is 0.991. The lowest BCUT2D eigenvalue weighted by atomic mass is 9.96. The maximum absolute atomic E-state index is 10.9. The molecule has 0 bridgehead atoms. The van der Waals surface area contributed by atoms with Crippen LogP contribution < -0.4 is 11.1 Å². The Hall–Kier alpha value is -2.85. The Morgan fingerprint density at radius 1 is 1.38 bits per heavy atom. The monoisotopic (exact) mass is 398 g/mol. The molecule has 0 radical (unpaired) electrons. The van der Waals surface area contributed by atoms with E-state index in [1.54, 1.807) is 10.8 Å². The molecule has 0 aliphatic carbocycles. The van der Waals surface area contributed by atoms with Crippen LogP contribution in [0.2, 0.25) is 0 Å². The third-order valence-electron chi connectivity index (χ3n) is 5.66. The summed E-state index contributed by atoms with van der Waals surface area (Å²) in [5.41, 5.74) is 6.63. The van der Waals surface area contributed by atoms with Gasteiger partial charge in [0.05, 0.1) is 12.2 Å². The molecule has 0 spiro atoms. The maximum Gasteiger partial charge on any atom is 0.167 e. The summed E-state index contributed by atoms with van der Waals surface area (Å²) >= 11 is 0. The van der Waals surface area contributed by atoms with Crippen molar-refractivity contribution in [3.63, 3.8) is 0 Å². The van der Waals surface area contributed by atoms with Gasteiger partial charge in [-0.05, 0) is 19.1 Å². The fraction of sp³-hybridized carbons (Fsp3) is 0.350. The molecule has 0 amide bonds. The van der Waals surface area contributed by atoms with Crippen molar-refractivity contribution in [3.8, 4) is 11.3 Å². The number of aliphatic imine (C=N–C) groups is 1. The van der Waals surface area contributed by atoms with Crippen LogP contribution in [0.1, 0.15) is 18.7 Å². The van der Waals surface area contributed by atoms with Gasteiger partial charge in [0.2, 0.25) is 0 Å². The first kappa shape index (κ1) is 18.2. The summed E-state index contributed by atoms with van der Waals surface area (Å²) in [6.07, 6.45) is -1.34. The molecule has 2 aromatic heterocycles. The van der Waals surface area contributed by atoms with E-state index >= 15 is 0 Å². The Bertz CT molecular complexity index is 1080. The molecule has 9 heteroatoms. The zero-order valence-corrected chi connectivity index (χ0v) is 15.7. The SMILES string of the molecule is CC1(O)C(O)[C@@H](CO)O[C@H]1n1cc(-c2cc3ccccc3o2)c2c1NCN=C2N. The summed E-state index contributed by atoms with van der Waals surface area (Å²) in [5.74, 6) is 1.54. The van der Waals surface area contributed by atoms with E-state index in [0.717, 1.165) is 11.0 Å². The van der Waals surface area contributed by atoms with Crippen molar-refractivity contribution in [1.29, 1.82) is 0 Å². The standard InChI is InChI=1S/C20H22N4O5/c1-20(27)16(26)14(8-25)29-19(20)24-7-11(15-17(21)22-9-23-18(15)24)13-6-10-4-2-3-5-12(10)28-13/h2-7,14,16,19,23,25-27H,8-9H2,1H3,(H2,21,22)/t14-,16?,19-,20?/m1/s1. The van der Waals surface area contributed by atoms with Gasteiger partial charge in [0.25, 0.3) is 0 Å². The summed E-state index contributed by atoms with van der Waals surface area (Å²) in [6, 6.07) is 9.57. The summed E-state index contributed by atoms with van der Waals surface area (Å²) in [5, 5.41) is 34.9. The van der Waals surface area contributed by atoms with Crippen LogP contribution >= 0.6 is 0 Å². The fourth-order valence-electron chi connectivity index (χ4n) is 4.12. The highest BCUT2D eigenvalue weighted by atomic mass is 16.6. The lowest BCUT2D eigenvalue weighted by Crippen LogP contribution is -2.44. The fourth-order valence-corrected chi connectivity index (χ4v) is 4.12. The topological polar surface area (TPSA) is 138 Å². The Labute approximate surface area is 166 Å². The first-order valence-corrected chi connectivity index (χ1v) is 9.36. The Kier molecular flexibility index (Phi) is 3.97. The van der Waals surface area contributed by atoms with E-state index in [1.165, 1.54) is 6.92 Å². The van der Waals surface area contributed by atoms with Crippen LogP contribution in [0.25, 0.3) is 22.3 Å². The van der Waals surface area contributed by atoms with E-state index in [1.807, 2.05) is 30.3 Å². The summed E-state index contributed by atoms with van der Waals surface area (Å²) in [6.45, 7) is 1.33. The highest BCUT2D eigenvalue weighted by Crippen LogP contribution is 2.44. The number of aliphatic hydroxyl groups excluding tert-OH is 2. The number of aromatic nitrogens is 1. The van der Waals surface area contributed by atoms with Crippen molar-refractivity contribution in [2.24, 2.45) is 10.7 Å². The molecule has 152 valence electrons. The van der Waals surface area contributed by atoms with Crippen molar-refractivity contribution < 1.29 is 24.5 Å². The van der Waals surface area contributed by atoms with Gasteiger partial charge < -0.3 is 40.1 Å². The molecule has 4 atom stereocenters. The molecular formula is C20H22N4O5. The second-order valence-electron chi connectivity index (χ2n) is 7.58. The average molecular weight is 398 g/mol. The van der Waals surface area contributed by atoms with E-state index in [0.29, 0.717) is 28.5 Å². The van der Waals surface area contributed by atoms with Crippen molar-refractivity contribution in [1.82, 2.24) is 4.57 Å². The molecule has 29 heavy (non-hydrogen) atoms. The second-order valence-corrected chi connectivity index (χ2v) is 7.58. The summed E-state index contributed by atoms with van der Waals surface area (Å²) < 4.78 is 13.5. The zero-order valence-electron chi connectivity index (χ0n) is 15.7. The number of nitrogens with one attached hydrogen (secondary N) is 1. The smallest absolute Gasteiger partial charge is 0.167 e. The number of nitrogens with two attached hydrogens (primary N) is 1. The van der Waals surface area contributed by atoms with Crippen molar-refractivity contribution in [3.05, 3.63) is 42.1 Å². The number of hydrogen-bond acceptors (Lipinski definition) is 8. The molecule has 4 heterocycles. The van der Waals surface area contributed by atoms with Gasteiger partial charge in [-0.3, -0.25) is 0 Å². The Balaban J connectivity index is 1.69. The van der Waals surface area contributed by atoms with Crippen LogP contribution in [0.4, 0.5) is 5.82 Å². The minimum Gasteiger partial charge on any atom is -0.456 e. The van der Waals surface area contributed by atoms with Crippen LogP contribution in [-0.2, 0) is 4.74 Å². The molecule has 6 N–H and O–H groups in total. The average Bonchev–Trinajstić information content (AvgIpc) is 3.35. The first-order valence-electron chi connectivity index (χ1n) is 9.36. The van der Waals surface area contributed by atoms with E-state index in [-0.39, 0.29) is 6.67 Å². The van der Waals surface area contributed by atoms with Crippen molar-refractivity contribution >= 4 is 22.6 Å². The number of aliphatic hydroxyl groups is 3. The molecule has 2 aliphatic heterocycles. The number of fused-ring (bicyclic) bond motifs is 2. The van der Waals surface area contributed by atoms with E-state index in [4.69, 9.17) is 14.9 Å². The minimum atomic E-state index is -1.63. The van der Waals surface area contributed by atoms with Gasteiger partial charge in [0, 0.05) is 17.1 Å². The molecule has 1 fully saturated rings. The van der Waals surface area contributed by atoms with Gasteiger partial charge in [-0.2, -0.15) is 0 Å². The molecule has 9 nitrogen and oxygen atoms in total. The normalized spacial score (nSPS) is 29.0. The van der Waals surface area contributed by atoms with Crippen LogP contribution in [0.3, 0.4) is 0 Å². The molecule has 2 aliphatic rings. The zero-order chi connectivity index (χ0) is 20.3. The van der Waals surface area contributed by atoms with E-state index < -0.39 is 30.6 Å². The largest absolute Gasteiger partial charge is 0.456 e. The lowest BCUT2D eigenvalue weighted by Gasteiger charge is -2.29. The van der Waals surface area contributed by atoms with Gasteiger partial charge >= 0.3 is 0 Å². The number of amidine groups is 1. The number of furan rings is 1. The quantitative estimate of drug-likeness (QED) is 0.443. The van der Waals surface area contributed by atoms with E-state index in [2.05, 4.69) is 10.3 Å². The molecule has 3 aromatic rings. The number of anilines is 1. The van der Waals surface area contributed by atoms with Gasteiger partial charge in [0.1, 0.15) is 47.5 Å². The number of benzene rings is 1. The number of hydrogen-bond donors (Lipinski definition) is 5. The Morgan fingerprint density at radius 3 is 2.90 bits per heavy atom. The molecule has 2 unspecified atom stereocenters. The number of ether oxygens (including phenoxy) is 1. The predicted molar refractivity (Wildman–Crippen MR) is 106 cm³/mol. The molecule has 1 aromatic carbocycles. The first-order chi connectivity index (χ1) is 13.9.